The third kappa shape index (κ3) is 4.76. The van der Waals surface area contributed by atoms with Crippen LogP contribution in [0.1, 0.15) is 42.4 Å². The number of carboxylic acid groups (broad SMARTS) is 1. The van der Waals surface area contributed by atoms with Gasteiger partial charge in [0.25, 0.3) is 0 Å². The molecule has 1 aliphatic heterocycles. The van der Waals surface area contributed by atoms with E-state index in [-0.39, 0.29) is 23.4 Å². The Labute approximate surface area is 200 Å². The van der Waals surface area contributed by atoms with Gasteiger partial charge in [-0.2, -0.15) is 10.4 Å². The minimum atomic E-state index is -1.02. The maximum absolute atomic E-state index is 10.7. The van der Waals surface area contributed by atoms with E-state index in [1.165, 1.54) is 0 Å². The fourth-order valence-electron chi connectivity index (χ4n) is 4.58. The molecule has 33 heavy (non-hydrogen) atoms. The maximum atomic E-state index is 10.7. The number of carbonyl (C=O) groups excluding carboxylic acids is 1. The molecule has 0 aromatic heterocycles. The van der Waals surface area contributed by atoms with Gasteiger partial charge in [0.2, 0.25) is 11.9 Å². The number of nitrogens with two attached hydrogens (primary N) is 1. The van der Waals surface area contributed by atoms with E-state index < -0.39 is 11.5 Å². The van der Waals surface area contributed by atoms with Crippen molar-refractivity contribution < 1.29 is 14.5 Å². The molecule has 2 N–H and O–H groups in total. The predicted octanol–water partition coefficient (Wildman–Crippen LogP) is 4.28. The van der Waals surface area contributed by atoms with Crippen molar-refractivity contribution in [1.82, 2.24) is 0 Å². The number of nitrogens with zero attached hydrogens (tertiary/aromatic N) is 2. The van der Waals surface area contributed by atoms with E-state index in [0.717, 1.165) is 22.4 Å². The first-order chi connectivity index (χ1) is 15.6. The number of aliphatic imine (C=N–C) groups is 1. The van der Waals surface area contributed by atoms with E-state index in [0.29, 0.717) is 19.3 Å². The highest BCUT2D eigenvalue weighted by molar-refractivity contribution is 5.85. The van der Waals surface area contributed by atoms with Gasteiger partial charge in [0, 0.05) is 22.7 Å². The van der Waals surface area contributed by atoms with E-state index in [2.05, 4.69) is 41.4 Å². The number of unbranched alkanes of at least 4 members (excludes halogenated alkanes) is 1. The number of halogens is 1. The number of hydrogen-bond acceptors (Lipinski definition) is 4. The molecule has 5 nitrogen and oxygen atoms in total. The van der Waals surface area contributed by atoms with Crippen LogP contribution >= 0.6 is 12.4 Å². The van der Waals surface area contributed by atoms with Crippen molar-refractivity contribution in [3.05, 3.63) is 120 Å². The topological polar surface area (TPSA) is 78.5 Å². The minimum absolute atomic E-state index is 0. The summed E-state index contributed by atoms with van der Waals surface area (Å²) in [6, 6.07) is 30.8. The Morgan fingerprint density at radius 1 is 0.818 bits per heavy atom. The normalized spacial score (nSPS) is 17.3. The van der Waals surface area contributed by atoms with Gasteiger partial charge in [-0.05, 0) is 25.7 Å². The van der Waals surface area contributed by atoms with Crippen LogP contribution in [-0.4, -0.2) is 16.9 Å². The Morgan fingerprint density at radius 3 is 1.70 bits per heavy atom. The highest BCUT2D eigenvalue weighted by Crippen LogP contribution is 2.46. The van der Waals surface area contributed by atoms with E-state index in [9.17, 15) is 9.90 Å². The zero-order valence-electron chi connectivity index (χ0n) is 18.3. The highest BCUT2D eigenvalue weighted by Gasteiger charge is 2.54. The van der Waals surface area contributed by atoms with Crippen molar-refractivity contribution >= 4 is 24.7 Å². The fourth-order valence-corrected chi connectivity index (χ4v) is 4.58. The lowest BCUT2D eigenvalue weighted by atomic mass is 9.75. The summed E-state index contributed by atoms with van der Waals surface area (Å²) in [6.07, 6.45) is 5.78. The average molecular weight is 462 g/mol. The van der Waals surface area contributed by atoms with Crippen molar-refractivity contribution in [2.75, 3.05) is 0 Å². The number of allylic oxidation sites excluding steroid dienone is 1. The largest absolute Gasteiger partial charge is 0.550 e. The first-order valence-corrected chi connectivity index (χ1v) is 10.9. The number of carbonyl (C=O) groups is 1. The Bertz CT molecular complexity index is 1020. The second-order valence-electron chi connectivity index (χ2n) is 8.09. The molecule has 0 saturated carbocycles. The summed E-state index contributed by atoms with van der Waals surface area (Å²) in [7, 11) is 0. The molecule has 3 aromatic rings. The first kappa shape index (κ1) is 24.4. The molecular formula is C27H28ClN3O2. The quantitative estimate of drug-likeness (QED) is 0.223. The van der Waals surface area contributed by atoms with Crippen LogP contribution in [0.3, 0.4) is 0 Å². The lowest BCUT2D eigenvalue weighted by Gasteiger charge is -2.44. The summed E-state index contributed by atoms with van der Waals surface area (Å²) >= 11 is 0. The van der Waals surface area contributed by atoms with E-state index in [4.69, 9.17) is 5.84 Å². The molecule has 1 aliphatic rings. The Hall–Kier alpha value is -3.25. The van der Waals surface area contributed by atoms with Gasteiger partial charge in [-0.15, -0.1) is 12.4 Å². The monoisotopic (exact) mass is 461 g/mol. The highest BCUT2D eigenvalue weighted by atomic mass is 35.5. The van der Waals surface area contributed by atoms with Gasteiger partial charge in [0.05, 0.1) is 0 Å². The van der Waals surface area contributed by atoms with E-state index in [1.807, 2.05) is 60.8 Å². The molecule has 1 heterocycles. The molecule has 0 amide bonds. The van der Waals surface area contributed by atoms with Crippen molar-refractivity contribution in [3.63, 3.8) is 0 Å². The summed E-state index contributed by atoms with van der Waals surface area (Å²) in [5.41, 5.74) is 3.28. The van der Waals surface area contributed by atoms with Crippen LogP contribution < -0.4 is 10.9 Å². The summed E-state index contributed by atoms with van der Waals surface area (Å²) in [4.78, 5) is 15.4. The van der Waals surface area contributed by atoms with Crippen LogP contribution in [0.5, 0.6) is 0 Å². The third-order valence-corrected chi connectivity index (χ3v) is 6.00. The minimum Gasteiger partial charge on any atom is -0.550 e. The van der Waals surface area contributed by atoms with Gasteiger partial charge in [0.1, 0.15) is 11.9 Å². The van der Waals surface area contributed by atoms with Crippen LogP contribution in [-0.2, 0) is 10.3 Å². The molecule has 0 unspecified atom stereocenters. The Balaban J connectivity index is 0.00000306. The molecule has 170 valence electrons. The molecule has 3 aromatic carbocycles. The maximum Gasteiger partial charge on any atom is 0.215 e. The van der Waals surface area contributed by atoms with Gasteiger partial charge in [-0.1, -0.05) is 91.0 Å². The van der Waals surface area contributed by atoms with Gasteiger partial charge >= 0.3 is 0 Å². The van der Waals surface area contributed by atoms with Gasteiger partial charge in [-0.3, -0.25) is 0 Å². The van der Waals surface area contributed by atoms with Crippen molar-refractivity contribution in [1.29, 1.82) is 0 Å². The lowest BCUT2D eigenvalue weighted by molar-refractivity contribution is -0.844. The van der Waals surface area contributed by atoms with Crippen molar-refractivity contribution in [2.45, 2.75) is 31.2 Å². The molecule has 4 rings (SSSR count). The lowest BCUT2D eigenvalue weighted by Crippen LogP contribution is -2.63. The SMILES string of the molecule is Cl.N[N@@+]1(C(c2ccccc2)(c2ccccc2)c2ccccc2)C=NC(CCCCC(=O)[O-])=C1. The molecule has 0 aliphatic carbocycles. The summed E-state index contributed by atoms with van der Waals surface area (Å²) in [5, 5.41) is 10.7. The third-order valence-electron chi connectivity index (χ3n) is 6.00. The Morgan fingerprint density at radius 2 is 1.27 bits per heavy atom. The molecule has 1 atom stereocenters. The standard InChI is InChI=1S/C27H27N3O2.ClH/c28-30(20-25(29-21-30)18-10-11-19-26(31)32)27(22-12-4-1-5-13-22,23-14-6-2-7-15-23)24-16-8-3-9-17-24;/h1-9,12-17,20-21H,10-11,18-19,28H2;1H/t30-;/m1./s1. The molecule has 0 radical (unpaired) electrons. The number of benzene rings is 3. The average Bonchev–Trinajstić information content (AvgIpc) is 3.21. The van der Waals surface area contributed by atoms with Crippen LogP contribution in [0.2, 0.25) is 0 Å². The second-order valence-corrected chi connectivity index (χ2v) is 8.09. The van der Waals surface area contributed by atoms with Gasteiger partial charge in [0.15, 0.2) is 0 Å². The molecule has 0 fully saturated rings. The second kappa shape index (κ2) is 10.6. The smallest absolute Gasteiger partial charge is 0.215 e. The zero-order valence-corrected chi connectivity index (χ0v) is 19.2. The molecular weight excluding hydrogens is 434 g/mol. The summed E-state index contributed by atoms with van der Waals surface area (Å²) in [5.74, 6) is 6.17. The van der Waals surface area contributed by atoms with Crippen LogP contribution in [0.4, 0.5) is 0 Å². The van der Waals surface area contributed by atoms with Crippen LogP contribution in [0, 0.1) is 0 Å². The zero-order chi connectivity index (χ0) is 22.4. The van der Waals surface area contributed by atoms with Crippen LogP contribution in [0.15, 0.2) is 108 Å². The van der Waals surface area contributed by atoms with Crippen molar-refractivity contribution in [3.8, 4) is 0 Å². The first-order valence-electron chi connectivity index (χ1n) is 10.9. The molecule has 0 saturated heterocycles. The van der Waals surface area contributed by atoms with E-state index >= 15 is 0 Å². The Kier molecular flexibility index (Phi) is 7.82. The van der Waals surface area contributed by atoms with E-state index in [1.54, 1.807) is 6.34 Å². The number of rotatable bonds is 9. The number of hydrogen-bond donors (Lipinski definition) is 1. The van der Waals surface area contributed by atoms with Crippen LogP contribution in [0.25, 0.3) is 0 Å². The number of aliphatic carboxylic acids is 1. The number of quaternary nitrogens is 1. The molecule has 0 spiro atoms. The number of carboxylic acids is 1. The molecule has 0 bridgehead atoms. The predicted molar refractivity (Wildman–Crippen MR) is 131 cm³/mol. The summed E-state index contributed by atoms with van der Waals surface area (Å²) < 4.78 is -0.0408. The summed E-state index contributed by atoms with van der Waals surface area (Å²) in [6.45, 7) is 0. The van der Waals surface area contributed by atoms with Gasteiger partial charge in [-0.25, -0.2) is 4.99 Å². The molecule has 6 heteroatoms. The van der Waals surface area contributed by atoms with Gasteiger partial charge < -0.3 is 9.90 Å². The fraction of sp³-hybridized carbons (Fsp3) is 0.185. The van der Waals surface area contributed by atoms with Crippen molar-refractivity contribution in [2.24, 2.45) is 10.8 Å².